The molecule has 1 N–H and O–H groups in total. The number of aromatic nitrogens is 2. The van der Waals surface area contributed by atoms with Crippen molar-refractivity contribution in [2.24, 2.45) is 0 Å². The number of carbonyl (C=O) groups is 1. The second-order valence-corrected chi connectivity index (χ2v) is 5.61. The van der Waals surface area contributed by atoms with Crippen LogP contribution < -0.4 is 0 Å². The van der Waals surface area contributed by atoms with Crippen LogP contribution in [0.25, 0.3) is 0 Å². The molecule has 0 amide bonds. The first-order valence-electron chi connectivity index (χ1n) is 6.85. The van der Waals surface area contributed by atoms with Gasteiger partial charge < -0.3 is 9.84 Å². The molecule has 0 spiro atoms. The summed E-state index contributed by atoms with van der Waals surface area (Å²) in [7, 11) is 0. The van der Waals surface area contributed by atoms with Gasteiger partial charge in [-0.3, -0.25) is 0 Å². The van der Waals surface area contributed by atoms with E-state index in [1.54, 1.807) is 0 Å². The van der Waals surface area contributed by atoms with E-state index >= 15 is 0 Å². The number of carboxylic acids is 1. The minimum Gasteiger partial charge on any atom is -0.478 e. The summed E-state index contributed by atoms with van der Waals surface area (Å²) in [4.78, 5) is 20.0. The number of carboxylic acid groups (broad SMARTS) is 1. The SMILES string of the molecule is CC1(c2ncc(C(=O)O)c(C3CC3)n2)CCCCO1. The molecule has 0 radical (unpaired) electrons. The van der Waals surface area contributed by atoms with Crippen LogP contribution >= 0.6 is 0 Å². The second-order valence-electron chi connectivity index (χ2n) is 5.61. The van der Waals surface area contributed by atoms with Gasteiger partial charge in [0.15, 0.2) is 5.82 Å². The maximum Gasteiger partial charge on any atom is 0.339 e. The molecule has 2 fully saturated rings. The number of nitrogens with zero attached hydrogens (tertiary/aromatic N) is 2. The van der Waals surface area contributed by atoms with E-state index in [9.17, 15) is 9.90 Å². The van der Waals surface area contributed by atoms with Crippen LogP contribution in [0.4, 0.5) is 0 Å². The highest BCUT2D eigenvalue weighted by atomic mass is 16.5. The lowest BCUT2D eigenvalue weighted by atomic mass is 9.94. The van der Waals surface area contributed by atoms with Crippen LogP contribution in [-0.4, -0.2) is 27.7 Å². The maximum absolute atomic E-state index is 11.2. The molecule has 1 aliphatic carbocycles. The van der Waals surface area contributed by atoms with Crippen molar-refractivity contribution in [1.29, 1.82) is 0 Å². The van der Waals surface area contributed by atoms with E-state index in [1.165, 1.54) is 6.20 Å². The van der Waals surface area contributed by atoms with E-state index in [0.29, 0.717) is 17.4 Å². The Labute approximate surface area is 112 Å². The van der Waals surface area contributed by atoms with Crippen LogP contribution in [0.5, 0.6) is 0 Å². The highest BCUT2D eigenvalue weighted by Crippen LogP contribution is 2.41. The fourth-order valence-corrected chi connectivity index (χ4v) is 2.59. The summed E-state index contributed by atoms with van der Waals surface area (Å²) in [5.74, 6) is -0.0118. The quantitative estimate of drug-likeness (QED) is 0.905. The number of rotatable bonds is 3. The Kier molecular flexibility index (Phi) is 3.01. The van der Waals surface area contributed by atoms with Gasteiger partial charge in [-0.15, -0.1) is 0 Å². The first-order chi connectivity index (χ1) is 9.10. The molecule has 1 aliphatic heterocycles. The summed E-state index contributed by atoms with van der Waals surface area (Å²) in [6.45, 7) is 2.72. The van der Waals surface area contributed by atoms with Gasteiger partial charge >= 0.3 is 5.97 Å². The predicted molar refractivity (Wildman–Crippen MR) is 68.1 cm³/mol. The highest BCUT2D eigenvalue weighted by molar-refractivity contribution is 5.88. The molecule has 1 saturated carbocycles. The lowest BCUT2D eigenvalue weighted by molar-refractivity contribution is -0.0762. The summed E-state index contributed by atoms with van der Waals surface area (Å²) in [5.41, 5.74) is 0.470. The Hall–Kier alpha value is -1.49. The molecule has 0 aromatic carbocycles. The molecule has 102 valence electrons. The van der Waals surface area contributed by atoms with Gasteiger partial charge in [0.25, 0.3) is 0 Å². The minimum atomic E-state index is -0.942. The lowest BCUT2D eigenvalue weighted by Gasteiger charge is -2.32. The van der Waals surface area contributed by atoms with Crippen LogP contribution in [0.2, 0.25) is 0 Å². The molecule has 3 rings (SSSR count). The third kappa shape index (κ3) is 2.34. The van der Waals surface area contributed by atoms with E-state index in [1.807, 2.05) is 6.92 Å². The molecular formula is C14H18N2O3. The van der Waals surface area contributed by atoms with Gasteiger partial charge in [-0.2, -0.15) is 0 Å². The van der Waals surface area contributed by atoms with Gasteiger partial charge in [0.2, 0.25) is 0 Å². The summed E-state index contributed by atoms with van der Waals surface area (Å²) >= 11 is 0. The van der Waals surface area contributed by atoms with Gasteiger partial charge in [-0.05, 0) is 39.0 Å². The molecule has 1 aromatic heterocycles. The van der Waals surface area contributed by atoms with E-state index in [-0.39, 0.29) is 5.56 Å². The van der Waals surface area contributed by atoms with Crippen molar-refractivity contribution in [3.8, 4) is 0 Å². The molecule has 5 heteroatoms. The lowest BCUT2D eigenvalue weighted by Crippen LogP contribution is -2.33. The zero-order valence-corrected chi connectivity index (χ0v) is 11.1. The van der Waals surface area contributed by atoms with Crippen LogP contribution in [-0.2, 0) is 10.3 Å². The predicted octanol–water partition coefficient (Wildman–Crippen LogP) is 2.47. The topological polar surface area (TPSA) is 72.3 Å². The van der Waals surface area contributed by atoms with Crippen LogP contribution in [0, 0.1) is 0 Å². The van der Waals surface area contributed by atoms with E-state index < -0.39 is 11.6 Å². The summed E-state index contributed by atoms with van der Waals surface area (Å²) in [6.07, 6.45) is 6.55. The zero-order chi connectivity index (χ0) is 13.5. The molecule has 1 unspecified atom stereocenters. The molecule has 1 saturated heterocycles. The van der Waals surface area contributed by atoms with E-state index in [4.69, 9.17) is 4.74 Å². The Morgan fingerprint density at radius 3 is 2.84 bits per heavy atom. The van der Waals surface area contributed by atoms with Gasteiger partial charge in [0, 0.05) is 18.7 Å². The fraction of sp³-hybridized carbons (Fsp3) is 0.643. The number of hydrogen-bond acceptors (Lipinski definition) is 4. The number of ether oxygens (including phenoxy) is 1. The van der Waals surface area contributed by atoms with Crippen molar-refractivity contribution >= 4 is 5.97 Å². The molecule has 1 aromatic rings. The van der Waals surface area contributed by atoms with Crippen LogP contribution in [0.3, 0.4) is 0 Å². The Morgan fingerprint density at radius 2 is 2.26 bits per heavy atom. The van der Waals surface area contributed by atoms with E-state index in [0.717, 1.165) is 38.7 Å². The third-order valence-corrected chi connectivity index (χ3v) is 3.95. The second kappa shape index (κ2) is 4.56. The third-order valence-electron chi connectivity index (χ3n) is 3.95. The summed E-state index contributed by atoms with van der Waals surface area (Å²) < 4.78 is 5.83. The van der Waals surface area contributed by atoms with Gasteiger partial charge in [-0.1, -0.05) is 0 Å². The number of aromatic carboxylic acids is 1. The molecular weight excluding hydrogens is 244 g/mol. The van der Waals surface area contributed by atoms with Crippen molar-refractivity contribution in [3.63, 3.8) is 0 Å². The molecule has 2 heterocycles. The van der Waals surface area contributed by atoms with Gasteiger partial charge in [-0.25, -0.2) is 14.8 Å². The first kappa shape index (κ1) is 12.5. The van der Waals surface area contributed by atoms with Crippen LogP contribution in [0.15, 0.2) is 6.20 Å². The van der Waals surface area contributed by atoms with Crippen molar-refractivity contribution < 1.29 is 14.6 Å². The average molecular weight is 262 g/mol. The van der Waals surface area contributed by atoms with Gasteiger partial charge in [0.05, 0.1) is 11.3 Å². The van der Waals surface area contributed by atoms with Crippen molar-refractivity contribution in [3.05, 3.63) is 23.3 Å². The molecule has 5 nitrogen and oxygen atoms in total. The normalized spacial score (nSPS) is 27.2. The molecule has 0 bridgehead atoms. The smallest absolute Gasteiger partial charge is 0.339 e. The Bertz CT molecular complexity index is 505. The monoisotopic (exact) mass is 262 g/mol. The highest BCUT2D eigenvalue weighted by Gasteiger charge is 2.36. The zero-order valence-electron chi connectivity index (χ0n) is 11.1. The average Bonchev–Trinajstić information content (AvgIpc) is 3.23. The van der Waals surface area contributed by atoms with Crippen molar-refractivity contribution in [2.75, 3.05) is 6.61 Å². The first-order valence-corrected chi connectivity index (χ1v) is 6.85. The molecule has 1 atom stereocenters. The standard InChI is InChI=1S/C14H18N2O3/c1-14(6-2-3-7-19-14)13-15-8-10(12(17)18)11(16-13)9-4-5-9/h8-9H,2-7H2,1H3,(H,17,18). The summed E-state index contributed by atoms with van der Waals surface area (Å²) in [5, 5.41) is 9.20. The minimum absolute atomic E-state index is 0.241. The van der Waals surface area contributed by atoms with Crippen molar-refractivity contribution in [1.82, 2.24) is 9.97 Å². The molecule has 2 aliphatic rings. The van der Waals surface area contributed by atoms with Crippen molar-refractivity contribution in [2.45, 2.75) is 50.5 Å². The van der Waals surface area contributed by atoms with Gasteiger partial charge in [0.1, 0.15) is 5.60 Å². The van der Waals surface area contributed by atoms with E-state index in [2.05, 4.69) is 9.97 Å². The maximum atomic E-state index is 11.2. The largest absolute Gasteiger partial charge is 0.478 e. The summed E-state index contributed by atoms with van der Waals surface area (Å²) in [6, 6.07) is 0. The number of hydrogen-bond donors (Lipinski definition) is 1. The van der Waals surface area contributed by atoms with Crippen LogP contribution in [0.1, 0.15) is 66.8 Å². The Balaban J connectivity index is 1.98. The Morgan fingerprint density at radius 1 is 1.47 bits per heavy atom. The molecule has 19 heavy (non-hydrogen) atoms. The fourth-order valence-electron chi connectivity index (χ4n) is 2.59.